The molecule has 0 bridgehead atoms. The van der Waals surface area contributed by atoms with Gasteiger partial charge in [-0.3, -0.25) is 4.98 Å². The Morgan fingerprint density at radius 2 is 1.65 bits per heavy atom. The number of hydrogen-bond donors (Lipinski definition) is 2. The summed E-state index contributed by atoms with van der Waals surface area (Å²) in [6, 6.07) is 24.5. The van der Waals surface area contributed by atoms with Crippen molar-refractivity contribution in [3.63, 3.8) is 0 Å². The van der Waals surface area contributed by atoms with Gasteiger partial charge < -0.3 is 15.4 Å². The highest BCUT2D eigenvalue weighted by Gasteiger charge is 2.09. The summed E-state index contributed by atoms with van der Waals surface area (Å²) in [5.74, 6) is 6.74. The normalized spacial score (nSPS) is 11.4. The van der Waals surface area contributed by atoms with Gasteiger partial charge in [-0.25, -0.2) is 0 Å². The molecule has 5 aromatic rings. The Balaban J connectivity index is 1.62. The second-order valence-electron chi connectivity index (χ2n) is 7.10. The lowest BCUT2D eigenvalue weighted by Crippen LogP contribution is -2.04. The van der Waals surface area contributed by atoms with Gasteiger partial charge in [0.05, 0.1) is 0 Å². The number of nitrogens with zero attached hydrogens (tertiary/aromatic N) is 2. The number of anilines is 1. The average Bonchev–Trinajstić information content (AvgIpc) is 2.81. The molecule has 0 aliphatic rings. The topological polar surface area (TPSA) is 84.6 Å². The summed E-state index contributed by atoms with van der Waals surface area (Å²) < 4.78 is 6.13. The van der Waals surface area contributed by atoms with E-state index in [0.29, 0.717) is 33.5 Å². The smallest absolute Gasteiger partial charge is 0.155 e. The molecule has 5 rings (SSSR count). The minimum absolute atomic E-state index is 0.404. The Morgan fingerprint density at radius 3 is 2.45 bits per heavy atom. The molecule has 2 heterocycles. The zero-order chi connectivity index (χ0) is 21.2. The summed E-state index contributed by atoms with van der Waals surface area (Å²) in [5, 5.41) is 16.2. The summed E-state index contributed by atoms with van der Waals surface area (Å²) in [6.45, 7) is 0. The number of fused-ring (bicyclic) bond motifs is 2. The molecule has 3 N–H and O–H groups in total. The van der Waals surface area contributed by atoms with Crippen LogP contribution in [-0.4, -0.2) is 10.2 Å². The lowest BCUT2D eigenvalue weighted by Gasteiger charge is -2.05. The van der Waals surface area contributed by atoms with Gasteiger partial charge in [0.25, 0.3) is 0 Å². The molecule has 0 aliphatic carbocycles. The van der Waals surface area contributed by atoms with Crippen molar-refractivity contribution in [1.29, 1.82) is 0 Å². The highest BCUT2D eigenvalue weighted by molar-refractivity contribution is 5.85. The van der Waals surface area contributed by atoms with Gasteiger partial charge in [0.1, 0.15) is 16.6 Å². The van der Waals surface area contributed by atoms with E-state index in [-0.39, 0.29) is 0 Å². The van der Waals surface area contributed by atoms with Crippen molar-refractivity contribution in [3.8, 4) is 23.3 Å². The molecule has 0 saturated heterocycles. The van der Waals surface area contributed by atoms with Gasteiger partial charge in [-0.05, 0) is 47.9 Å². The number of pyridine rings is 1. The standard InChI is InChI=1S/C26H17N3O2/c27-21-7-3-4-17(12-21)8-9-18-10-11-22-23(29-30)15-26(31-25(22)13-18)24-14-19-5-1-2-6-20(19)16-28-24/h1-7,10-16,30H,27H2. The second-order valence-corrected chi connectivity index (χ2v) is 7.10. The van der Waals surface area contributed by atoms with Gasteiger partial charge in [0, 0.05) is 39.8 Å². The third-order valence-electron chi connectivity index (χ3n) is 4.97. The van der Waals surface area contributed by atoms with Gasteiger partial charge >= 0.3 is 0 Å². The summed E-state index contributed by atoms with van der Waals surface area (Å²) in [5.41, 5.74) is 9.30. The molecule has 0 radical (unpaired) electrons. The minimum Gasteiger partial charge on any atom is -0.454 e. The fourth-order valence-corrected chi connectivity index (χ4v) is 3.43. The van der Waals surface area contributed by atoms with Crippen LogP contribution < -0.4 is 11.1 Å². The largest absolute Gasteiger partial charge is 0.454 e. The van der Waals surface area contributed by atoms with Crippen molar-refractivity contribution < 1.29 is 9.62 Å². The molecule has 5 heteroatoms. The van der Waals surface area contributed by atoms with E-state index >= 15 is 0 Å². The Hall–Kier alpha value is -4.56. The first kappa shape index (κ1) is 18.5. The first-order valence-electron chi connectivity index (χ1n) is 9.68. The molecule has 0 aliphatic heterocycles. The quantitative estimate of drug-likeness (QED) is 0.180. The third-order valence-corrected chi connectivity index (χ3v) is 4.97. The zero-order valence-corrected chi connectivity index (χ0v) is 16.4. The van der Waals surface area contributed by atoms with E-state index < -0.39 is 0 Å². The third kappa shape index (κ3) is 3.70. The first-order chi connectivity index (χ1) is 15.2. The summed E-state index contributed by atoms with van der Waals surface area (Å²) >= 11 is 0. The monoisotopic (exact) mass is 403 g/mol. The number of nitrogen functional groups attached to an aromatic ring is 1. The molecule has 3 aromatic carbocycles. The van der Waals surface area contributed by atoms with Crippen molar-refractivity contribution in [2.75, 3.05) is 5.73 Å². The molecule has 0 amide bonds. The van der Waals surface area contributed by atoms with Gasteiger partial charge in [-0.1, -0.05) is 47.3 Å². The number of benzene rings is 3. The van der Waals surface area contributed by atoms with Gasteiger partial charge in [-0.2, -0.15) is 0 Å². The maximum Gasteiger partial charge on any atom is 0.155 e. The Labute approximate surface area is 178 Å². The second kappa shape index (κ2) is 7.69. The van der Waals surface area contributed by atoms with Crippen LogP contribution in [0.25, 0.3) is 33.2 Å². The van der Waals surface area contributed by atoms with Crippen LogP contribution in [0.15, 0.2) is 94.6 Å². The number of hydrogen-bond acceptors (Lipinski definition) is 5. The van der Waals surface area contributed by atoms with E-state index in [0.717, 1.165) is 21.9 Å². The zero-order valence-electron chi connectivity index (χ0n) is 16.4. The highest BCUT2D eigenvalue weighted by Crippen LogP contribution is 2.24. The van der Waals surface area contributed by atoms with E-state index in [9.17, 15) is 5.21 Å². The fraction of sp³-hybridized carbons (Fsp3) is 0. The molecule has 0 atom stereocenters. The van der Waals surface area contributed by atoms with Crippen LogP contribution in [0.5, 0.6) is 0 Å². The van der Waals surface area contributed by atoms with Crippen LogP contribution in [0.4, 0.5) is 5.69 Å². The molecular weight excluding hydrogens is 386 g/mol. The number of aromatic nitrogens is 1. The van der Waals surface area contributed by atoms with Crippen LogP contribution >= 0.6 is 0 Å². The summed E-state index contributed by atoms with van der Waals surface area (Å²) in [7, 11) is 0. The molecule has 148 valence electrons. The lowest BCUT2D eigenvalue weighted by molar-refractivity contribution is 0.302. The van der Waals surface area contributed by atoms with Crippen molar-refractivity contribution in [2.24, 2.45) is 5.16 Å². The summed E-state index contributed by atoms with van der Waals surface area (Å²) in [6.07, 6.45) is 1.80. The number of rotatable bonds is 1. The van der Waals surface area contributed by atoms with Crippen molar-refractivity contribution in [1.82, 2.24) is 4.98 Å². The molecular formula is C26H17N3O2. The van der Waals surface area contributed by atoms with Gasteiger partial charge in [0.15, 0.2) is 5.76 Å². The predicted octanol–water partition coefficient (Wildman–Crippen LogP) is 4.92. The Kier molecular flexibility index (Phi) is 4.58. The average molecular weight is 403 g/mol. The maximum atomic E-state index is 9.55. The van der Waals surface area contributed by atoms with Crippen molar-refractivity contribution in [3.05, 3.63) is 102 Å². The van der Waals surface area contributed by atoms with E-state index in [4.69, 9.17) is 10.2 Å². The molecule has 0 saturated carbocycles. The minimum atomic E-state index is 0.404. The van der Waals surface area contributed by atoms with Gasteiger partial charge in [0.2, 0.25) is 0 Å². The fourth-order valence-electron chi connectivity index (χ4n) is 3.43. The van der Waals surface area contributed by atoms with E-state index in [2.05, 4.69) is 22.0 Å². The molecule has 0 fully saturated rings. The van der Waals surface area contributed by atoms with Gasteiger partial charge in [-0.15, -0.1) is 0 Å². The van der Waals surface area contributed by atoms with Crippen LogP contribution in [-0.2, 0) is 0 Å². The van der Waals surface area contributed by atoms with Crippen LogP contribution in [0.1, 0.15) is 11.1 Å². The molecule has 2 aromatic heterocycles. The van der Waals surface area contributed by atoms with Crippen LogP contribution in [0.2, 0.25) is 0 Å². The van der Waals surface area contributed by atoms with Crippen LogP contribution in [0, 0.1) is 11.8 Å². The highest BCUT2D eigenvalue weighted by atomic mass is 16.4. The molecule has 0 spiro atoms. The Bertz CT molecular complexity index is 1570. The van der Waals surface area contributed by atoms with E-state index in [1.54, 1.807) is 12.3 Å². The number of nitrogens with two attached hydrogens (primary N) is 1. The summed E-state index contributed by atoms with van der Waals surface area (Å²) in [4.78, 5) is 4.51. The maximum absolute atomic E-state index is 9.55. The molecule has 0 unspecified atom stereocenters. The first-order valence-corrected chi connectivity index (χ1v) is 9.68. The molecule has 31 heavy (non-hydrogen) atoms. The molecule has 5 nitrogen and oxygen atoms in total. The Morgan fingerprint density at radius 1 is 0.839 bits per heavy atom. The van der Waals surface area contributed by atoms with Crippen molar-refractivity contribution in [2.45, 2.75) is 0 Å². The van der Waals surface area contributed by atoms with E-state index in [1.807, 2.05) is 72.8 Å². The predicted molar refractivity (Wildman–Crippen MR) is 121 cm³/mol. The van der Waals surface area contributed by atoms with Crippen LogP contribution in [0.3, 0.4) is 0 Å². The van der Waals surface area contributed by atoms with Crippen molar-refractivity contribution >= 4 is 27.4 Å². The lowest BCUT2D eigenvalue weighted by atomic mass is 10.1. The SMILES string of the molecule is Nc1cccc(C#Cc2ccc3c(=NO)cc(-c4cc5ccccc5cn4)oc3c2)c1. The van der Waals surface area contributed by atoms with E-state index in [1.165, 1.54) is 0 Å².